The van der Waals surface area contributed by atoms with Gasteiger partial charge >= 0.3 is 0 Å². The zero-order valence-electron chi connectivity index (χ0n) is 14.2. The Hall–Kier alpha value is -1.30. The first kappa shape index (κ1) is 17.1. The van der Waals surface area contributed by atoms with Gasteiger partial charge in [-0.1, -0.05) is 27.7 Å². The number of piperazine rings is 1. The van der Waals surface area contributed by atoms with Crippen LogP contribution < -0.4 is 10.6 Å². The van der Waals surface area contributed by atoms with Gasteiger partial charge in [-0.2, -0.15) is 0 Å². The number of aromatic nitrogens is 1. The molecule has 0 unspecified atom stereocenters. The minimum absolute atomic E-state index is 0.210. The van der Waals surface area contributed by atoms with E-state index in [0.29, 0.717) is 11.9 Å². The monoisotopic (exact) mass is 323 g/mol. The highest BCUT2D eigenvalue weighted by molar-refractivity contribution is 7.13. The van der Waals surface area contributed by atoms with Crippen LogP contribution in [0.3, 0.4) is 0 Å². The van der Waals surface area contributed by atoms with Crippen LogP contribution in [0.1, 0.15) is 34.1 Å². The number of nitrogens with two attached hydrogens (primary N) is 1. The fourth-order valence-corrected chi connectivity index (χ4v) is 3.76. The zero-order valence-corrected chi connectivity index (χ0v) is 15.1. The van der Waals surface area contributed by atoms with E-state index in [1.807, 2.05) is 11.6 Å². The summed E-state index contributed by atoms with van der Waals surface area (Å²) >= 11 is 1.69. The number of rotatable bonds is 5. The molecule has 6 heteroatoms. The van der Waals surface area contributed by atoms with Crippen molar-refractivity contribution in [3.63, 3.8) is 0 Å². The minimum Gasteiger partial charge on any atom is -0.370 e. The van der Waals surface area contributed by atoms with Crippen LogP contribution in [-0.2, 0) is 0 Å². The molecule has 1 aromatic rings. The molecule has 2 heterocycles. The molecule has 0 radical (unpaired) electrons. The maximum Gasteiger partial charge on any atom is 0.191 e. The molecule has 0 spiro atoms. The average Bonchev–Trinajstić information content (AvgIpc) is 2.98. The molecule has 0 atom stereocenters. The second-order valence-corrected chi connectivity index (χ2v) is 8.10. The summed E-state index contributed by atoms with van der Waals surface area (Å²) in [6, 6.07) is 0. The second kappa shape index (κ2) is 7.31. The lowest BCUT2D eigenvalue weighted by Gasteiger charge is -2.35. The predicted octanol–water partition coefficient (Wildman–Crippen LogP) is 2.65. The summed E-state index contributed by atoms with van der Waals surface area (Å²) in [4.78, 5) is 13.5. The van der Waals surface area contributed by atoms with Gasteiger partial charge in [-0.3, -0.25) is 4.99 Å². The van der Waals surface area contributed by atoms with Crippen LogP contribution in [0.2, 0.25) is 0 Å². The van der Waals surface area contributed by atoms with E-state index in [1.54, 1.807) is 11.3 Å². The summed E-state index contributed by atoms with van der Waals surface area (Å²) in [7, 11) is 0. The highest BCUT2D eigenvalue weighted by Crippen LogP contribution is 2.25. The second-order valence-electron chi connectivity index (χ2n) is 7.23. The lowest BCUT2D eigenvalue weighted by molar-refractivity contribution is 0.295. The van der Waals surface area contributed by atoms with Gasteiger partial charge in [0.25, 0.3) is 0 Å². The van der Waals surface area contributed by atoms with Gasteiger partial charge in [0.05, 0.1) is 0 Å². The highest BCUT2D eigenvalue weighted by atomic mass is 32.1. The molecule has 0 bridgehead atoms. The molecule has 5 nitrogen and oxygen atoms in total. The van der Waals surface area contributed by atoms with Gasteiger partial charge in [0.1, 0.15) is 0 Å². The van der Waals surface area contributed by atoms with Crippen LogP contribution in [0.5, 0.6) is 0 Å². The van der Waals surface area contributed by atoms with Crippen LogP contribution >= 0.6 is 11.3 Å². The van der Waals surface area contributed by atoms with Crippen LogP contribution in [0.25, 0.3) is 0 Å². The van der Waals surface area contributed by atoms with Crippen molar-refractivity contribution < 1.29 is 0 Å². The van der Waals surface area contributed by atoms with Crippen LogP contribution in [0.15, 0.2) is 16.6 Å². The third-order valence-corrected chi connectivity index (χ3v) is 4.76. The maximum atomic E-state index is 6.19. The molecule has 2 N–H and O–H groups in total. The molecule has 0 amide bonds. The van der Waals surface area contributed by atoms with Gasteiger partial charge in [0.2, 0.25) is 0 Å². The zero-order chi connectivity index (χ0) is 16.2. The van der Waals surface area contributed by atoms with E-state index in [9.17, 15) is 0 Å². The Morgan fingerprint density at radius 3 is 2.59 bits per heavy atom. The molecule has 1 aliphatic heterocycles. The molecular weight excluding hydrogens is 294 g/mol. The van der Waals surface area contributed by atoms with Crippen molar-refractivity contribution in [2.45, 2.75) is 34.1 Å². The van der Waals surface area contributed by atoms with E-state index >= 15 is 0 Å². The molecular formula is C16H29N5S. The van der Waals surface area contributed by atoms with Gasteiger partial charge in [0, 0.05) is 44.3 Å². The maximum absolute atomic E-state index is 6.19. The van der Waals surface area contributed by atoms with Gasteiger partial charge in [-0.15, -0.1) is 11.3 Å². The first-order chi connectivity index (χ1) is 10.4. The largest absolute Gasteiger partial charge is 0.370 e. The standard InChI is InChI=1S/C16H29N5S/c1-13(2)11-16(3,4)12-19-14(17)20-6-8-21(9-7-20)15-18-5-10-22-15/h5,10,13H,6-9,11-12H2,1-4H3,(H2,17,19). The van der Waals surface area contributed by atoms with Crippen molar-refractivity contribution >= 4 is 22.4 Å². The number of hydrogen-bond acceptors (Lipinski definition) is 4. The lowest BCUT2D eigenvalue weighted by Crippen LogP contribution is -2.51. The molecule has 1 saturated heterocycles. The normalized spacial score (nSPS) is 17.4. The Labute approximate surface area is 138 Å². The SMILES string of the molecule is CC(C)CC(C)(C)CN=C(N)N1CCN(c2nccs2)CC1. The summed E-state index contributed by atoms with van der Waals surface area (Å²) in [5, 5.41) is 3.13. The highest BCUT2D eigenvalue weighted by Gasteiger charge is 2.22. The molecule has 0 saturated carbocycles. The molecule has 0 aromatic carbocycles. The molecule has 1 aromatic heterocycles. The molecule has 22 heavy (non-hydrogen) atoms. The fraction of sp³-hybridized carbons (Fsp3) is 0.750. The van der Waals surface area contributed by atoms with Crippen molar-refractivity contribution in [3.8, 4) is 0 Å². The van der Waals surface area contributed by atoms with Gasteiger partial charge < -0.3 is 15.5 Å². The molecule has 2 rings (SSSR count). The van der Waals surface area contributed by atoms with E-state index in [0.717, 1.165) is 37.9 Å². The summed E-state index contributed by atoms with van der Waals surface area (Å²) < 4.78 is 0. The lowest BCUT2D eigenvalue weighted by atomic mass is 9.84. The quantitative estimate of drug-likeness (QED) is 0.668. The summed E-state index contributed by atoms with van der Waals surface area (Å²) in [5.41, 5.74) is 6.40. The summed E-state index contributed by atoms with van der Waals surface area (Å²) in [6.45, 7) is 13.6. The van der Waals surface area contributed by atoms with Gasteiger partial charge in [-0.05, 0) is 17.8 Å². The number of nitrogens with zero attached hydrogens (tertiary/aromatic N) is 4. The Balaban J connectivity index is 1.84. The third kappa shape index (κ3) is 4.87. The number of anilines is 1. The Morgan fingerprint density at radius 2 is 2.05 bits per heavy atom. The van der Waals surface area contributed by atoms with Crippen LogP contribution in [0, 0.1) is 11.3 Å². The van der Waals surface area contributed by atoms with Crippen LogP contribution in [0.4, 0.5) is 5.13 Å². The molecule has 124 valence electrons. The number of hydrogen-bond donors (Lipinski definition) is 1. The van der Waals surface area contributed by atoms with E-state index in [4.69, 9.17) is 5.73 Å². The van der Waals surface area contributed by atoms with Crippen molar-refractivity contribution in [3.05, 3.63) is 11.6 Å². The average molecular weight is 324 g/mol. The van der Waals surface area contributed by atoms with E-state index in [2.05, 4.69) is 47.5 Å². The Bertz CT molecular complexity index is 473. The van der Waals surface area contributed by atoms with Gasteiger partial charge in [0.15, 0.2) is 11.1 Å². The molecule has 1 aliphatic rings. The molecule has 0 aliphatic carbocycles. The number of thiazole rings is 1. The third-order valence-electron chi connectivity index (χ3n) is 3.92. The Kier molecular flexibility index (Phi) is 5.67. The summed E-state index contributed by atoms with van der Waals surface area (Å²) in [6.07, 6.45) is 3.03. The summed E-state index contributed by atoms with van der Waals surface area (Å²) in [5.74, 6) is 1.38. The smallest absolute Gasteiger partial charge is 0.191 e. The van der Waals surface area contributed by atoms with Crippen molar-refractivity contribution in [1.29, 1.82) is 0 Å². The molecule has 1 fully saturated rings. The Morgan fingerprint density at radius 1 is 1.36 bits per heavy atom. The van der Waals surface area contributed by atoms with Crippen molar-refractivity contribution in [2.24, 2.45) is 22.1 Å². The van der Waals surface area contributed by atoms with Crippen LogP contribution in [-0.4, -0.2) is 48.6 Å². The number of guanidine groups is 1. The van der Waals surface area contributed by atoms with Crippen molar-refractivity contribution in [1.82, 2.24) is 9.88 Å². The van der Waals surface area contributed by atoms with E-state index < -0.39 is 0 Å². The van der Waals surface area contributed by atoms with E-state index in [1.165, 1.54) is 6.42 Å². The van der Waals surface area contributed by atoms with Crippen molar-refractivity contribution in [2.75, 3.05) is 37.6 Å². The first-order valence-corrected chi connectivity index (χ1v) is 8.95. The topological polar surface area (TPSA) is 57.8 Å². The first-order valence-electron chi connectivity index (χ1n) is 8.07. The van der Waals surface area contributed by atoms with Gasteiger partial charge in [-0.25, -0.2) is 4.98 Å². The van der Waals surface area contributed by atoms with E-state index in [-0.39, 0.29) is 5.41 Å². The predicted molar refractivity (Wildman–Crippen MR) is 95.6 cm³/mol. The minimum atomic E-state index is 0.210. The fourth-order valence-electron chi connectivity index (χ4n) is 3.06. The number of aliphatic imine (C=N–C) groups is 1.